The number of benzene rings is 3. The average Bonchev–Trinajstić information content (AvgIpc) is 3.37. The molecule has 36 heavy (non-hydrogen) atoms. The molecule has 0 saturated heterocycles. The van der Waals surface area contributed by atoms with E-state index >= 15 is 0 Å². The van der Waals surface area contributed by atoms with E-state index in [1.165, 1.54) is 49.6 Å². The number of aromatic nitrogens is 2. The predicted molar refractivity (Wildman–Crippen MR) is 127 cm³/mol. The normalized spacial score (nSPS) is 10.6. The first-order valence-electron chi connectivity index (χ1n) is 10.4. The van der Waals surface area contributed by atoms with Gasteiger partial charge in [-0.2, -0.15) is 0 Å². The molecule has 182 valence electrons. The molecule has 0 bridgehead atoms. The van der Waals surface area contributed by atoms with Crippen molar-refractivity contribution < 1.29 is 33.9 Å². The Morgan fingerprint density at radius 3 is 2.56 bits per heavy atom. The van der Waals surface area contributed by atoms with Gasteiger partial charge in [-0.15, -0.1) is 0 Å². The van der Waals surface area contributed by atoms with Crippen LogP contribution in [0.15, 0.2) is 59.2 Å². The fourth-order valence-corrected chi connectivity index (χ4v) is 3.47. The number of nitro benzene ring substituents is 1. The number of esters is 1. The number of nitrogens with zero attached hydrogens (tertiary/aromatic N) is 3. The Kier molecular flexibility index (Phi) is 6.89. The summed E-state index contributed by atoms with van der Waals surface area (Å²) in [7, 11) is -0.445. The summed E-state index contributed by atoms with van der Waals surface area (Å²) in [6.45, 7) is 0.0519. The molecule has 4 aromatic rings. The number of carbonyl (C=O) groups excluding carboxylic acids is 2. The molecule has 1 aromatic heterocycles. The van der Waals surface area contributed by atoms with Gasteiger partial charge in [0.25, 0.3) is 5.91 Å². The van der Waals surface area contributed by atoms with Crippen LogP contribution >= 0.6 is 0 Å². The molecular formula is C22H18BN5O8. The van der Waals surface area contributed by atoms with Gasteiger partial charge in [0.2, 0.25) is 5.52 Å². The lowest BCUT2D eigenvalue weighted by Crippen LogP contribution is -2.31. The van der Waals surface area contributed by atoms with E-state index in [0.717, 1.165) is 0 Å². The molecule has 4 rings (SSSR count). The van der Waals surface area contributed by atoms with Crippen LogP contribution in [0.5, 0.6) is 0 Å². The van der Waals surface area contributed by atoms with Gasteiger partial charge < -0.3 is 25.4 Å². The Morgan fingerprint density at radius 2 is 1.83 bits per heavy atom. The second-order valence-corrected chi connectivity index (χ2v) is 7.53. The largest absolute Gasteiger partial charge is 0.488 e. The van der Waals surface area contributed by atoms with E-state index in [1.54, 1.807) is 12.1 Å². The fraction of sp³-hybridized carbons (Fsp3) is 0.0909. The molecule has 3 aromatic carbocycles. The molecule has 1 amide bonds. The molecule has 14 heteroatoms. The molecule has 13 nitrogen and oxygen atoms in total. The van der Waals surface area contributed by atoms with Gasteiger partial charge in [-0.3, -0.25) is 14.9 Å². The maximum atomic E-state index is 13.1. The molecule has 0 aliphatic rings. The van der Waals surface area contributed by atoms with Gasteiger partial charge in [-0.25, -0.2) is 9.42 Å². The van der Waals surface area contributed by atoms with Crippen molar-refractivity contribution in [3.63, 3.8) is 0 Å². The van der Waals surface area contributed by atoms with Crippen LogP contribution in [0.25, 0.3) is 11.0 Å². The van der Waals surface area contributed by atoms with Gasteiger partial charge in [0, 0.05) is 12.6 Å². The number of amides is 1. The second kappa shape index (κ2) is 10.2. The maximum Gasteiger partial charge on any atom is 0.488 e. The first kappa shape index (κ1) is 24.3. The summed E-state index contributed by atoms with van der Waals surface area (Å²) in [5, 5.41) is 43.0. The standard InChI is InChI=1S/C22H18BN5O8/c1-35-22(30)13-5-6-16(25-17-7-8-18(28(33)34)20-19(17)26-36-27-20)15(10-13)21(29)24-11-12-3-2-4-14(9-12)23(31)32/h2-10,25,31-32H,11H2,1H3,(H,24,29). The third-order valence-electron chi connectivity index (χ3n) is 5.25. The molecule has 0 spiro atoms. The molecule has 0 aliphatic heterocycles. The molecule has 0 saturated carbocycles. The number of non-ortho nitro benzene ring substituents is 1. The van der Waals surface area contributed by atoms with E-state index in [-0.39, 0.29) is 51.2 Å². The molecule has 0 atom stereocenters. The number of ether oxygens (including phenoxy) is 1. The number of methoxy groups -OCH3 is 1. The van der Waals surface area contributed by atoms with Gasteiger partial charge >= 0.3 is 18.8 Å². The summed E-state index contributed by atoms with van der Waals surface area (Å²) in [6.07, 6.45) is 0. The van der Waals surface area contributed by atoms with Crippen molar-refractivity contribution >= 4 is 52.6 Å². The number of hydrogen-bond donors (Lipinski definition) is 4. The van der Waals surface area contributed by atoms with Crippen molar-refractivity contribution in [2.24, 2.45) is 0 Å². The van der Waals surface area contributed by atoms with Gasteiger partial charge in [-0.1, -0.05) is 24.3 Å². The number of fused-ring (bicyclic) bond motifs is 1. The number of nitro groups is 1. The summed E-state index contributed by atoms with van der Waals surface area (Å²) in [5.41, 5.74) is 1.30. The summed E-state index contributed by atoms with van der Waals surface area (Å²) >= 11 is 0. The summed E-state index contributed by atoms with van der Waals surface area (Å²) < 4.78 is 9.41. The van der Waals surface area contributed by atoms with Gasteiger partial charge in [0.05, 0.1) is 34.5 Å². The van der Waals surface area contributed by atoms with Crippen molar-refractivity contribution in [1.29, 1.82) is 0 Å². The van der Waals surface area contributed by atoms with Gasteiger partial charge in [0.1, 0.15) is 0 Å². The Balaban J connectivity index is 1.66. The number of anilines is 2. The van der Waals surface area contributed by atoms with E-state index in [2.05, 4.69) is 25.6 Å². The number of rotatable bonds is 8. The average molecular weight is 491 g/mol. The number of carbonyl (C=O) groups is 2. The zero-order chi connectivity index (χ0) is 25.8. The third-order valence-corrected chi connectivity index (χ3v) is 5.25. The smallest absolute Gasteiger partial charge is 0.465 e. The highest BCUT2D eigenvalue weighted by molar-refractivity contribution is 6.58. The minimum atomic E-state index is -1.65. The van der Waals surface area contributed by atoms with Crippen molar-refractivity contribution in [2.45, 2.75) is 6.54 Å². The van der Waals surface area contributed by atoms with Gasteiger partial charge in [-0.05, 0) is 45.6 Å². The van der Waals surface area contributed by atoms with E-state index < -0.39 is 23.9 Å². The highest BCUT2D eigenvalue weighted by atomic mass is 16.6. The maximum absolute atomic E-state index is 13.1. The molecule has 4 N–H and O–H groups in total. The predicted octanol–water partition coefficient (Wildman–Crippen LogP) is 1.27. The third kappa shape index (κ3) is 4.99. The second-order valence-electron chi connectivity index (χ2n) is 7.53. The molecule has 0 unspecified atom stereocenters. The van der Waals surface area contributed by atoms with Crippen molar-refractivity contribution in [2.75, 3.05) is 12.4 Å². The Bertz CT molecular complexity index is 1470. The summed E-state index contributed by atoms with van der Waals surface area (Å²) in [6, 6.07) is 13.2. The van der Waals surface area contributed by atoms with Crippen molar-refractivity contribution in [3.05, 3.63) is 81.4 Å². The van der Waals surface area contributed by atoms with Crippen LogP contribution < -0.4 is 16.1 Å². The molecular weight excluding hydrogens is 473 g/mol. The quantitative estimate of drug-likeness (QED) is 0.120. The minimum Gasteiger partial charge on any atom is -0.465 e. The van der Waals surface area contributed by atoms with Crippen LogP contribution in [0.1, 0.15) is 26.3 Å². The van der Waals surface area contributed by atoms with Crippen LogP contribution in [0, 0.1) is 10.1 Å². The molecule has 0 fully saturated rings. The monoisotopic (exact) mass is 491 g/mol. The Morgan fingerprint density at radius 1 is 1.08 bits per heavy atom. The van der Waals surface area contributed by atoms with E-state index in [4.69, 9.17) is 4.74 Å². The van der Waals surface area contributed by atoms with Gasteiger partial charge in [0.15, 0.2) is 5.52 Å². The minimum absolute atomic E-state index is 0.0519. The van der Waals surface area contributed by atoms with Crippen molar-refractivity contribution in [1.82, 2.24) is 15.6 Å². The summed E-state index contributed by atoms with van der Waals surface area (Å²) in [5.74, 6) is -1.21. The van der Waals surface area contributed by atoms with Crippen LogP contribution in [-0.2, 0) is 11.3 Å². The lowest BCUT2D eigenvalue weighted by molar-refractivity contribution is -0.383. The topological polar surface area (TPSA) is 190 Å². The highest BCUT2D eigenvalue weighted by Gasteiger charge is 2.22. The molecule has 0 aliphatic carbocycles. The van der Waals surface area contributed by atoms with E-state index in [9.17, 15) is 29.8 Å². The molecule has 0 radical (unpaired) electrons. The van der Waals surface area contributed by atoms with Crippen LogP contribution in [0.3, 0.4) is 0 Å². The molecule has 1 heterocycles. The van der Waals surface area contributed by atoms with Crippen molar-refractivity contribution in [3.8, 4) is 0 Å². The number of hydrogen-bond acceptors (Lipinski definition) is 11. The first-order chi connectivity index (χ1) is 17.3. The van der Waals surface area contributed by atoms with E-state index in [1.807, 2.05) is 0 Å². The zero-order valence-corrected chi connectivity index (χ0v) is 18.7. The Labute approximate surface area is 202 Å². The SMILES string of the molecule is COC(=O)c1ccc(Nc2ccc([N+](=O)[O-])c3nonc23)c(C(=O)NCc2cccc(B(O)O)c2)c1. The van der Waals surface area contributed by atoms with Crippen LogP contribution in [0.2, 0.25) is 0 Å². The van der Waals surface area contributed by atoms with Crippen LogP contribution in [-0.4, -0.2) is 51.4 Å². The van der Waals surface area contributed by atoms with E-state index in [0.29, 0.717) is 5.56 Å². The van der Waals surface area contributed by atoms with Crippen LogP contribution in [0.4, 0.5) is 17.1 Å². The summed E-state index contributed by atoms with van der Waals surface area (Å²) in [4.78, 5) is 35.8. The Hall–Kier alpha value is -4.82. The lowest BCUT2D eigenvalue weighted by atomic mass is 9.79. The zero-order valence-electron chi connectivity index (χ0n) is 18.7. The number of nitrogens with one attached hydrogen (secondary N) is 2. The lowest BCUT2D eigenvalue weighted by Gasteiger charge is -2.14. The highest BCUT2D eigenvalue weighted by Crippen LogP contribution is 2.32. The first-order valence-corrected chi connectivity index (χ1v) is 10.4. The fourth-order valence-electron chi connectivity index (χ4n) is 3.47.